The first kappa shape index (κ1) is 29.6. The molecule has 2 rings (SSSR count). The third-order valence-electron chi connectivity index (χ3n) is 2.08. The Morgan fingerprint density at radius 1 is 0.769 bits per heavy atom. The number of pyridine rings is 2. The van der Waals surface area contributed by atoms with Crippen LogP contribution in [0.15, 0.2) is 48.8 Å². The maximum absolute atomic E-state index is 10.1. The summed E-state index contributed by atoms with van der Waals surface area (Å²) in [4.78, 5) is 7.57. The Kier molecular flexibility index (Phi) is 24.9. The van der Waals surface area contributed by atoms with Crippen LogP contribution in [0.1, 0.15) is 39.1 Å². The van der Waals surface area contributed by atoms with Crippen LogP contribution in [-0.4, -0.2) is 22.7 Å². The van der Waals surface area contributed by atoms with Gasteiger partial charge in [0.2, 0.25) is 0 Å². The SMILES string of the molecule is CC(C)C[O-].CC(C)[O-].[O-]Cc1ccccn1.[O-]Cc1ccccn1.[Ti+4]. The van der Waals surface area contributed by atoms with Crippen LogP contribution in [0.2, 0.25) is 0 Å². The first-order valence-corrected chi connectivity index (χ1v) is 8.07. The number of hydrogen-bond acceptors (Lipinski definition) is 6. The average molecular weight is 396 g/mol. The molecule has 26 heavy (non-hydrogen) atoms. The van der Waals surface area contributed by atoms with E-state index in [0.717, 1.165) is 0 Å². The summed E-state index contributed by atoms with van der Waals surface area (Å²) in [5.41, 5.74) is 1.21. The molecule has 0 fully saturated rings. The van der Waals surface area contributed by atoms with Gasteiger partial charge in [-0.1, -0.05) is 59.0 Å². The van der Waals surface area contributed by atoms with Gasteiger partial charge in [-0.2, -0.15) is 0 Å². The van der Waals surface area contributed by atoms with Crippen molar-refractivity contribution in [1.29, 1.82) is 0 Å². The minimum Gasteiger partial charge on any atom is -0.854 e. The van der Waals surface area contributed by atoms with Gasteiger partial charge in [0.15, 0.2) is 0 Å². The van der Waals surface area contributed by atoms with Crippen LogP contribution in [0.25, 0.3) is 0 Å². The fraction of sp³-hybridized carbons (Fsp3) is 0.474. The topological polar surface area (TPSA) is 118 Å². The molecule has 0 N–H and O–H groups in total. The second-order valence-corrected chi connectivity index (χ2v) is 5.54. The molecule has 0 saturated heterocycles. The van der Waals surface area contributed by atoms with Gasteiger partial charge < -0.3 is 20.4 Å². The largest absolute Gasteiger partial charge is 4.00 e. The molecule has 0 radical (unpaired) electrons. The molecule has 0 bridgehead atoms. The average Bonchev–Trinajstić information content (AvgIpc) is 2.63. The minimum atomic E-state index is -0.417. The molecule has 0 atom stereocenters. The van der Waals surface area contributed by atoms with Crippen molar-refractivity contribution in [2.45, 2.75) is 47.0 Å². The van der Waals surface area contributed by atoms with Crippen LogP contribution in [-0.2, 0) is 34.9 Å². The Morgan fingerprint density at radius 2 is 1.08 bits per heavy atom. The third-order valence-corrected chi connectivity index (χ3v) is 2.08. The van der Waals surface area contributed by atoms with Gasteiger partial charge in [-0.25, -0.2) is 0 Å². The monoisotopic (exact) mass is 396 g/mol. The number of rotatable bonds is 3. The molecule has 2 aromatic heterocycles. The number of aromatic nitrogens is 2. The van der Waals surface area contributed by atoms with Crippen molar-refractivity contribution in [2.24, 2.45) is 5.92 Å². The molecule has 0 spiro atoms. The molecule has 7 heteroatoms. The third kappa shape index (κ3) is 25.1. The van der Waals surface area contributed by atoms with Gasteiger partial charge in [0, 0.05) is 23.8 Å². The van der Waals surface area contributed by atoms with Crippen LogP contribution in [0.5, 0.6) is 0 Å². The van der Waals surface area contributed by atoms with E-state index in [2.05, 4.69) is 9.97 Å². The fourth-order valence-corrected chi connectivity index (χ4v) is 0.967. The molecule has 0 aliphatic rings. The molecule has 2 heterocycles. The Bertz CT molecular complexity index is 443. The van der Waals surface area contributed by atoms with Gasteiger partial charge in [0.05, 0.1) is 0 Å². The second-order valence-electron chi connectivity index (χ2n) is 5.54. The molecule has 0 aliphatic heterocycles. The summed E-state index contributed by atoms with van der Waals surface area (Å²) in [5.74, 6) is 0.329. The van der Waals surface area contributed by atoms with E-state index in [-0.39, 0.29) is 41.5 Å². The van der Waals surface area contributed by atoms with Crippen LogP contribution in [0, 0.1) is 5.92 Å². The second kappa shape index (κ2) is 21.9. The van der Waals surface area contributed by atoms with E-state index in [1.807, 2.05) is 13.8 Å². The molecular weight excluding hydrogens is 368 g/mol. The molecule has 0 aliphatic carbocycles. The zero-order valence-electron chi connectivity index (χ0n) is 15.9. The predicted octanol–water partition coefficient (Wildman–Crippen LogP) is -0.361. The van der Waals surface area contributed by atoms with Crippen molar-refractivity contribution in [3.63, 3.8) is 0 Å². The van der Waals surface area contributed by atoms with Gasteiger partial charge in [0.1, 0.15) is 0 Å². The Labute approximate surface area is 171 Å². The predicted molar refractivity (Wildman–Crippen MR) is 90.7 cm³/mol. The zero-order chi connectivity index (χ0) is 19.5. The summed E-state index contributed by atoms with van der Waals surface area (Å²) in [6.07, 6.45) is 2.82. The van der Waals surface area contributed by atoms with Crippen molar-refractivity contribution in [3.8, 4) is 0 Å². The van der Waals surface area contributed by atoms with E-state index in [9.17, 15) is 20.4 Å². The van der Waals surface area contributed by atoms with Crippen LogP contribution in [0.3, 0.4) is 0 Å². The van der Waals surface area contributed by atoms with Crippen LogP contribution in [0.4, 0.5) is 0 Å². The summed E-state index contributed by atoms with van der Waals surface area (Å²) >= 11 is 0. The first-order chi connectivity index (χ1) is 11.9. The van der Waals surface area contributed by atoms with Gasteiger partial charge >= 0.3 is 21.7 Å². The molecule has 0 saturated carbocycles. The zero-order valence-corrected chi connectivity index (χ0v) is 17.5. The molecule has 6 nitrogen and oxygen atoms in total. The molecular formula is C19H28N2O4Ti. The summed E-state index contributed by atoms with van der Waals surface area (Å²) in [7, 11) is 0. The molecule has 2 aromatic rings. The van der Waals surface area contributed by atoms with E-state index in [1.54, 1.807) is 62.6 Å². The van der Waals surface area contributed by atoms with E-state index in [4.69, 9.17) is 0 Å². The Balaban J connectivity index is -0.000000280. The fourth-order valence-electron chi connectivity index (χ4n) is 0.967. The summed E-state index contributed by atoms with van der Waals surface area (Å²) < 4.78 is 0. The van der Waals surface area contributed by atoms with E-state index < -0.39 is 6.10 Å². The van der Waals surface area contributed by atoms with Crippen LogP contribution >= 0.6 is 0 Å². The first-order valence-electron chi connectivity index (χ1n) is 8.07. The van der Waals surface area contributed by atoms with Gasteiger partial charge in [-0.05, 0) is 24.3 Å². The quantitative estimate of drug-likeness (QED) is 0.654. The smallest absolute Gasteiger partial charge is 0.854 e. The maximum Gasteiger partial charge on any atom is 4.00 e. The van der Waals surface area contributed by atoms with Gasteiger partial charge in [-0.15, -0.1) is 12.7 Å². The van der Waals surface area contributed by atoms with E-state index in [0.29, 0.717) is 17.3 Å². The van der Waals surface area contributed by atoms with Crippen molar-refractivity contribution in [2.75, 3.05) is 6.61 Å². The normalized spacial score (nSPS) is 8.85. The minimum absolute atomic E-state index is 0. The number of hydrogen-bond donors (Lipinski definition) is 0. The Hall–Kier alpha value is -1.15. The van der Waals surface area contributed by atoms with Gasteiger partial charge in [-0.3, -0.25) is 9.97 Å². The summed E-state index contributed by atoms with van der Waals surface area (Å²) in [6, 6.07) is 10.6. The van der Waals surface area contributed by atoms with Gasteiger partial charge in [0.25, 0.3) is 0 Å². The molecule has 0 amide bonds. The van der Waals surface area contributed by atoms with Crippen molar-refractivity contribution in [1.82, 2.24) is 9.97 Å². The van der Waals surface area contributed by atoms with Crippen molar-refractivity contribution < 1.29 is 42.1 Å². The standard InChI is InChI=1S/2C6H6NO.C4H9O.C3H7O.Ti/c2*8-5-6-3-1-2-4-7-6;1-4(2)3-5;1-3(2)4;/h2*1-4H,5H2;4H,3H2,1-2H3;3H,1-2H3;/q4*-1;+4. The summed E-state index contributed by atoms with van der Waals surface area (Å²) in [6.45, 7) is 6.65. The maximum atomic E-state index is 10.1. The van der Waals surface area contributed by atoms with Crippen molar-refractivity contribution >= 4 is 0 Å². The van der Waals surface area contributed by atoms with Crippen molar-refractivity contribution in [3.05, 3.63) is 60.2 Å². The Morgan fingerprint density at radius 3 is 1.19 bits per heavy atom. The number of nitrogens with zero attached hydrogens (tertiary/aromatic N) is 2. The van der Waals surface area contributed by atoms with Crippen LogP contribution < -0.4 is 20.4 Å². The molecule has 0 aromatic carbocycles. The molecule has 0 unspecified atom stereocenters. The summed E-state index contributed by atoms with van der Waals surface area (Å²) in [5, 5.41) is 39.3. The van der Waals surface area contributed by atoms with E-state index in [1.165, 1.54) is 0 Å². The van der Waals surface area contributed by atoms with E-state index >= 15 is 0 Å². The molecule has 142 valence electrons.